The molecule has 4 aliphatic rings. The van der Waals surface area contributed by atoms with Crippen LogP contribution in [0.5, 0.6) is 0 Å². The van der Waals surface area contributed by atoms with Crippen molar-refractivity contribution in [2.24, 2.45) is 0 Å². The number of hydrogen-bond acceptors (Lipinski definition) is 27. The van der Waals surface area contributed by atoms with Crippen LogP contribution >= 0.6 is 0 Å². The molecule has 0 aromatic carbocycles. The highest BCUT2D eigenvalue weighted by Crippen LogP contribution is 2.38. The lowest BCUT2D eigenvalue weighted by atomic mass is 9.96. The molecule has 11 unspecified atom stereocenters. The Kier molecular flexibility index (Phi) is 21.0. The van der Waals surface area contributed by atoms with Crippen molar-refractivity contribution < 1.29 is 128 Å². The van der Waals surface area contributed by atoms with Crippen LogP contribution in [-0.2, 0) is 128 Å². The highest BCUT2D eigenvalue weighted by molar-refractivity contribution is 5.70. The van der Waals surface area contributed by atoms with E-state index in [1.54, 1.807) is 0 Å². The summed E-state index contributed by atoms with van der Waals surface area (Å²) in [5.74, 6) is -8.83. The maximum absolute atomic E-state index is 13.0. The van der Waals surface area contributed by atoms with Gasteiger partial charge in [-0.15, -0.1) is 0 Å². The molecule has 3 fully saturated rings. The SMILES string of the molecule is CC(=O)OCC1O[C@@H](OC2C(COC(C)=O)OC=C[C@H]2O[C@H]2OC(C)C(OC(C)=O)[C@H](OC(C)=O)C2OC(C)=O)C(OC2OC(C)[C@H](OC(C)=O)C(OC(C)=O)[C@@H]2OC(C)=O)[C@@H](OC(C)=O)C1OC(C)=O. The summed E-state index contributed by atoms with van der Waals surface area (Å²) in [6, 6.07) is 0. The first kappa shape index (κ1) is 57.6. The van der Waals surface area contributed by atoms with Crippen molar-refractivity contribution in [2.75, 3.05) is 13.2 Å². The molecule has 0 aromatic rings. The van der Waals surface area contributed by atoms with E-state index in [9.17, 15) is 47.9 Å². The lowest BCUT2D eigenvalue weighted by Crippen LogP contribution is -2.67. The lowest BCUT2D eigenvalue weighted by Gasteiger charge is -2.49. The van der Waals surface area contributed by atoms with Crippen molar-refractivity contribution in [3.8, 4) is 0 Å². The Bertz CT molecular complexity index is 1990. The highest BCUT2D eigenvalue weighted by atomic mass is 16.8. The van der Waals surface area contributed by atoms with E-state index in [4.69, 9.17) is 80.5 Å². The molecule has 0 aromatic heterocycles. The van der Waals surface area contributed by atoms with Gasteiger partial charge < -0.3 is 80.5 Å². The van der Waals surface area contributed by atoms with Gasteiger partial charge in [0.1, 0.15) is 31.5 Å². The fourth-order valence-corrected chi connectivity index (χ4v) is 7.99. The van der Waals surface area contributed by atoms with E-state index >= 15 is 0 Å². The Morgan fingerprint density at radius 1 is 0.352 bits per heavy atom. The van der Waals surface area contributed by atoms with Gasteiger partial charge in [-0.2, -0.15) is 0 Å². The molecule has 398 valence electrons. The van der Waals surface area contributed by atoms with Gasteiger partial charge in [0.2, 0.25) is 0 Å². The largest absolute Gasteiger partial charge is 0.492 e. The Morgan fingerprint density at radius 3 is 1.08 bits per heavy atom. The number of carbonyl (C=O) groups is 10. The normalized spacial score (nSPS) is 34.4. The summed E-state index contributed by atoms with van der Waals surface area (Å²) in [6.45, 7) is 12.1. The third kappa shape index (κ3) is 16.5. The van der Waals surface area contributed by atoms with Gasteiger partial charge in [-0.1, -0.05) is 0 Å². The molecule has 0 amide bonds. The highest BCUT2D eigenvalue weighted by Gasteiger charge is 2.59. The molecular weight excluding hydrogens is 960 g/mol. The molecule has 27 nitrogen and oxygen atoms in total. The summed E-state index contributed by atoms with van der Waals surface area (Å²) in [6.07, 6.45) is -26.1. The maximum Gasteiger partial charge on any atom is 0.303 e. The predicted molar refractivity (Wildman–Crippen MR) is 224 cm³/mol. The average molecular weight is 1020 g/mol. The topological polar surface area (TPSA) is 328 Å². The quantitative estimate of drug-likeness (QED) is 0.127. The summed E-state index contributed by atoms with van der Waals surface area (Å²) in [4.78, 5) is 125. The van der Waals surface area contributed by atoms with Gasteiger partial charge in [0.15, 0.2) is 79.9 Å². The van der Waals surface area contributed by atoms with Gasteiger partial charge in [-0.05, 0) is 19.9 Å². The van der Waals surface area contributed by atoms with Gasteiger partial charge in [0.05, 0.1) is 18.5 Å². The summed E-state index contributed by atoms with van der Waals surface area (Å²) < 4.78 is 99.1. The fraction of sp³-hybridized carbons (Fsp3) is 0.727. The third-order valence-corrected chi connectivity index (χ3v) is 10.4. The molecule has 0 radical (unpaired) electrons. The van der Waals surface area contributed by atoms with Crippen molar-refractivity contribution in [3.63, 3.8) is 0 Å². The maximum atomic E-state index is 13.0. The van der Waals surface area contributed by atoms with Crippen LogP contribution in [0, 0.1) is 0 Å². The van der Waals surface area contributed by atoms with Crippen LogP contribution in [0.2, 0.25) is 0 Å². The summed E-state index contributed by atoms with van der Waals surface area (Å²) in [5, 5.41) is 0. The van der Waals surface area contributed by atoms with Crippen molar-refractivity contribution >= 4 is 59.7 Å². The van der Waals surface area contributed by atoms with Crippen LogP contribution in [0.15, 0.2) is 12.3 Å². The van der Waals surface area contributed by atoms with Crippen LogP contribution < -0.4 is 0 Å². The zero-order valence-electron chi connectivity index (χ0n) is 41.0. The Labute approximate surface area is 406 Å². The first-order valence-corrected chi connectivity index (χ1v) is 22.1. The van der Waals surface area contributed by atoms with E-state index in [0.717, 1.165) is 75.5 Å². The van der Waals surface area contributed by atoms with E-state index < -0.39 is 183 Å². The van der Waals surface area contributed by atoms with E-state index in [0.29, 0.717) is 0 Å². The first-order valence-electron chi connectivity index (χ1n) is 22.1. The molecule has 0 saturated carbocycles. The van der Waals surface area contributed by atoms with Crippen LogP contribution in [-0.4, -0.2) is 183 Å². The molecular formula is C44H60O27. The van der Waals surface area contributed by atoms with Crippen LogP contribution in [0.25, 0.3) is 0 Å². The molecule has 4 aliphatic heterocycles. The third-order valence-electron chi connectivity index (χ3n) is 10.4. The van der Waals surface area contributed by atoms with E-state index in [1.807, 2.05) is 0 Å². The molecule has 0 aliphatic carbocycles. The summed E-state index contributed by atoms with van der Waals surface area (Å²) in [5.41, 5.74) is 0. The Hall–Kier alpha value is -6.00. The first-order chi connectivity index (χ1) is 33.2. The molecule has 0 spiro atoms. The number of hydrogen-bond donors (Lipinski definition) is 0. The fourth-order valence-electron chi connectivity index (χ4n) is 7.99. The monoisotopic (exact) mass is 1020 g/mol. The molecule has 4 heterocycles. The number of ether oxygens (including phenoxy) is 17. The van der Waals surface area contributed by atoms with Crippen molar-refractivity contribution in [3.05, 3.63) is 12.3 Å². The Balaban J connectivity index is 1.92. The second-order valence-corrected chi connectivity index (χ2v) is 16.5. The molecule has 0 bridgehead atoms. The van der Waals surface area contributed by atoms with E-state index in [1.165, 1.54) is 19.9 Å². The minimum Gasteiger partial charge on any atom is -0.492 e. The van der Waals surface area contributed by atoms with Gasteiger partial charge in [0, 0.05) is 69.2 Å². The molecule has 27 heteroatoms. The van der Waals surface area contributed by atoms with Gasteiger partial charge in [0.25, 0.3) is 0 Å². The minimum atomic E-state index is -1.97. The van der Waals surface area contributed by atoms with Crippen molar-refractivity contribution in [1.29, 1.82) is 0 Å². The van der Waals surface area contributed by atoms with Crippen LogP contribution in [0.4, 0.5) is 0 Å². The summed E-state index contributed by atoms with van der Waals surface area (Å²) in [7, 11) is 0. The van der Waals surface area contributed by atoms with Crippen LogP contribution in [0.1, 0.15) is 83.1 Å². The van der Waals surface area contributed by atoms with Gasteiger partial charge in [-0.3, -0.25) is 47.9 Å². The second-order valence-electron chi connectivity index (χ2n) is 16.5. The van der Waals surface area contributed by atoms with Crippen molar-refractivity contribution in [2.45, 2.75) is 194 Å². The predicted octanol–water partition coefficient (Wildman–Crippen LogP) is -0.151. The minimum absolute atomic E-state index is 0.567. The Morgan fingerprint density at radius 2 is 0.676 bits per heavy atom. The molecule has 18 atom stereocenters. The van der Waals surface area contributed by atoms with Gasteiger partial charge >= 0.3 is 59.7 Å². The van der Waals surface area contributed by atoms with Crippen molar-refractivity contribution in [1.82, 2.24) is 0 Å². The zero-order valence-corrected chi connectivity index (χ0v) is 41.0. The molecule has 4 rings (SSSR count). The number of rotatable bonds is 18. The van der Waals surface area contributed by atoms with E-state index in [-0.39, 0.29) is 0 Å². The number of carbonyl (C=O) groups excluding carboxylic acids is 10. The molecule has 3 saturated heterocycles. The smallest absolute Gasteiger partial charge is 0.303 e. The second kappa shape index (κ2) is 25.9. The average Bonchev–Trinajstić information content (AvgIpc) is 3.23. The molecule has 0 N–H and O–H groups in total. The van der Waals surface area contributed by atoms with E-state index in [2.05, 4.69) is 0 Å². The molecule has 71 heavy (non-hydrogen) atoms. The standard InChI is InChI=1S/C44H60O27/c1-17-32(60-21(5)47)36(63-24(8)50)39(66-27(11)53)42(58-17)68-29-13-14-55-30(15-56-19(3)45)34(29)70-44-41(38(65-26(10)52)35(62-23(7)49)31(69-44)16-57-20(4)46)71-43-40(67-28(12)54)37(64-25(9)51)33(18(2)59-43)61-22(6)48/h13-14,17-18,29-44H,15-16H2,1-12H3/t17?,18?,29-,30?,31?,32?,33+,34?,35?,36+,37?,38+,39?,40+,41?,42-,43?,44+/m1/s1. The van der Waals surface area contributed by atoms with Gasteiger partial charge in [-0.25, -0.2) is 0 Å². The van der Waals surface area contributed by atoms with Crippen LogP contribution in [0.3, 0.4) is 0 Å². The summed E-state index contributed by atoms with van der Waals surface area (Å²) >= 11 is 0. The number of esters is 10. The lowest BCUT2D eigenvalue weighted by molar-refractivity contribution is -0.379. The zero-order chi connectivity index (χ0) is 53.0.